The van der Waals surface area contributed by atoms with Crippen LogP contribution in [0.5, 0.6) is 11.5 Å². The van der Waals surface area contributed by atoms with Crippen LogP contribution in [0.25, 0.3) is 6.08 Å². The second kappa shape index (κ2) is 11.7. The second-order valence-electron chi connectivity index (χ2n) is 8.71. The maximum Gasteiger partial charge on any atom is 0.270 e. The maximum absolute atomic E-state index is 14.1. The minimum absolute atomic E-state index is 0.0389. The molecule has 0 saturated carbocycles. The summed E-state index contributed by atoms with van der Waals surface area (Å²) in [5, 5.41) is 0.200. The maximum atomic E-state index is 14.1. The summed E-state index contributed by atoms with van der Waals surface area (Å²) in [7, 11) is 1.43. The number of ether oxygens (including phenoxy) is 2. The van der Waals surface area contributed by atoms with Crippen molar-refractivity contribution in [2.75, 3.05) is 16.9 Å². The average Bonchev–Trinajstić information content (AvgIpc) is 2.96. The highest BCUT2D eigenvalue weighted by atomic mass is 35.5. The van der Waals surface area contributed by atoms with Crippen LogP contribution in [-0.2, 0) is 16.2 Å². The van der Waals surface area contributed by atoms with E-state index < -0.39 is 17.6 Å². The molecule has 0 bridgehead atoms. The number of rotatable bonds is 7. The summed E-state index contributed by atoms with van der Waals surface area (Å²) in [6.45, 7) is -0.0737. The molecule has 1 saturated heterocycles. The van der Waals surface area contributed by atoms with Crippen molar-refractivity contribution in [2.45, 2.75) is 6.61 Å². The predicted octanol–water partition coefficient (Wildman–Crippen LogP) is 6.82. The number of benzene rings is 4. The summed E-state index contributed by atoms with van der Waals surface area (Å²) < 4.78 is 25.4. The minimum Gasteiger partial charge on any atom is -0.493 e. The summed E-state index contributed by atoms with van der Waals surface area (Å²) in [4.78, 5) is 30.1. The number of nitrogens with zero attached hydrogens (tertiary/aromatic N) is 2. The third kappa shape index (κ3) is 5.32. The summed E-state index contributed by atoms with van der Waals surface area (Å²) >= 11 is 12.2. The smallest absolute Gasteiger partial charge is 0.270 e. The topological polar surface area (TPSA) is 59.1 Å². The van der Waals surface area contributed by atoms with Gasteiger partial charge in [0.25, 0.3) is 11.8 Å². The predicted molar refractivity (Wildman–Crippen MR) is 157 cm³/mol. The number of halogens is 2. The molecule has 0 aliphatic carbocycles. The molecule has 200 valence electrons. The molecule has 1 heterocycles. The molecule has 1 fully saturated rings. The van der Waals surface area contributed by atoms with Crippen molar-refractivity contribution in [2.24, 2.45) is 0 Å². The van der Waals surface area contributed by atoms with E-state index in [9.17, 15) is 14.0 Å². The van der Waals surface area contributed by atoms with Crippen LogP contribution in [0, 0.1) is 5.82 Å². The van der Waals surface area contributed by atoms with Crippen molar-refractivity contribution in [3.05, 3.63) is 125 Å². The first-order chi connectivity index (χ1) is 19.4. The number of para-hydroxylation sites is 2. The number of carbonyl (C=O) groups excluding carboxylic acids is 2. The van der Waals surface area contributed by atoms with E-state index in [2.05, 4.69) is 0 Å². The molecule has 9 heteroatoms. The van der Waals surface area contributed by atoms with Gasteiger partial charge in [-0.3, -0.25) is 19.4 Å². The van der Waals surface area contributed by atoms with E-state index in [1.807, 2.05) is 12.1 Å². The van der Waals surface area contributed by atoms with Crippen molar-refractivity contribution in [1.29, 1.82) is 0 Å². The largest absolute Gasteiger partial charge is 0.493 e. The molecule has 0 spiro atoms. The summed E-state index contributed by atoms with van der Waals surface area (Å²) in [6, 6.07) is 27.1. The minimum atomic E-state index is -0.580. The third-order valence-electron chi connectivity index (χ3n) is 6.17. The fourth-order valence-corrected chi connectivity index (χ4v) is 4.88. The lowest BCUT2D eigenvalue weighted by Gasteiger charge is -2.36. The van der Waals surface area contributed by atoms with Crippen LogP contribution < -0.4 is 19.3 Å². The molecule has 4 aromatic rings. The zero-order valence-corrected chi connectivity index (χ0v) is 22.8. The molecule has 0 N–H and O–H groups in total. The Labute approximate surface area is 240 Å². The van der Waals surface area contributed by atoms with Gasteiger partial charge in [-0.25, -0.2) is 4.39 Å². The first kappa shape index (κ1) is 27.1. The Balaban J connectivity index is 1.55. The Hall–Kier alpha value is -4.53. The number of hydrogen-bond donors (Lipinski definition) is 0. The molecule has 1 aliphatic rings. The highest BCUT2D eigenvalue weighted by Crippen LogP contribution is 2.38. The molecule has 1 aliphatic heterocycles. The lowest BCUT2D eigenvalue weighted by molar-refractivity contribution is -0.120. The standard InChI is InChI=1S/C31H22ClFN2O4S/c1-38-27-18-20(17-25(32)28(27)39-19-21-10-8-9-15-26(21)33)16-24-29(36)34(22-11-4-2-5-12-22)31(40)35(30(24)37)23-13-6-3-7-14-23/h2-18H,19H2,1H3. The third-order valence-corrected chi connectivity index (χ3v) is 6.82. The van der Waals surface area contributed by atoms with Gasteiger partial charge in [0.05, 0.1) is 23.5 Å². The van der Waals surface area contributed by atoms with Gasteiger partial charge in [-0.05, 0) is 66.3 Å². The molecular formula is C31H22ClFN2O4S. The molecular weight excluding hydrogens is 551 g/mol. The number of carbonyl (C=O) groups is 2. The van der Waals surface area contributed by atoms with Crippen LogP contribution in [0.15, 0.2) is 103 Å². The van der Waals surface area contributed by atoms with Crippen LogP contribution in [0.1, 0.15) is 11.1 Å². The van der Waals surface area contributed by atoms with Crippen LogP contribution in [0.4, 0.5) is 15.8 Å². The zero-order chi connectivity index (χ0) is 28.2. The van der Waals surface area contributed by atoms with E-state index in [4.69, 9.17) is 33.3 Å². The monoisotopic (exact) mass is 572 g/mol. The Kier molecular flexibility index (Phi) is 7.91. The average molecular weight is 573 g/mol. The van der Waals surface area contributed by atoms with Gasteiger partial charge >= 0.3 is 0 Å². The fraction of sp³-hybridized carbons (Fsp3) is 0.0645. The molecule has 0 unspecified atom stereocenters. The van der Waals surface area contributed by atoms with E-state index in [1.54, 1.807) is 78.9 Å². The van der Waals surface area contributed by atoms with Crippen LogP contribution in [-0.4, -0.2) is 24.0 Å². The van der Waals surface area contributed by atoms with Crippen LogP contribution in [0.3, 0.4) is 0 Å². The Morgan fingerprint density at radius 3 is 1.95 bits per heavy atom. The van der Waals surface area contributed by atoms with E-state index >= 15 is 0 Å². The molecule has 4 aromatic carbocycles. The number of methoxy groups -OCH3 is 1. The van der Waals surface area contributed by atoms with Gasteiger partial charge in [-0.15, -0.1) is 0 Å². The van der Waals surface area contributed by atoms with Gasteiger partial charge < -0.3 is 9.47 Å². The van der Waals surface area contributed by atoms with Gasteiger partial charge in [-0.1, -0.05) is 66.2 Å². The number of thiocarbonyl (C=S) groups is 1. The van der Waals surface area contributed by atoms with Crippen LogP contribution >= 0.6 is 23.8 Å². The molecule has 0 aromatic heterocycles. The van der Waals surface area contributed by atoms with Crippen molar-refractivity contribution in [3.8, 4) is 11.5 Å². The van der Waals surface area contributed by atoms with Gasteiger partial charge in [0.2, 0.25) is 0 Å². The zero-order valence-electron chi connectivity index (χ0n) is 21.2. The Morgan fingerprint density at radius 1 is 0.850 bits per heavy atom. The Morgan fingerprint density at radius 2 is 1.40 bits per heavy atom. The SMILES string of the molecule is COc1cc(C=C2C(=O)N(c3ccccc3)C(=S)N(c3ccccc3)C2=O)cc(Cl)c1OCc1ccccc1F. The van der Waals surface area contributed by atoms with Crippen molar-refractivity contribution < 1.29 is 23.5 Å². The first-order valence-electron chi connectivity index (χ1n) is 12.2. The van der Waals surface area contributed by atoms with Gasteiger partial charge in [0, 0.05) is 5.56 Å². The van der Waals surface area contributed by atoms with E-state index in [0.29, 0.717) is 22.5 Å². The van der Waals surface area contributed by atoms with E-state index in [-0.39, 0.29) is 33.8 Å². The molecule has 6 nitrogen and oxygen atoms in total. The molecule has 0 atom stereocenters. The molecule has 2 amide bonds. The molecule has 0 radical (unpaired) electrons. The normalized spacial score (nSPS) is 13.5. The molecule has 5 rings (SSSR count). The summed E-state index contributed by atoms with van der Waals surface area (Å²) in [5.74, 6) is -1.11. The number of hydrogen-bond acceptors (Lipinski definition) is 5. The quantitative estimate of drug-likeness (QED) is 0.138. The number of amides is 2. The van der Waals surface area contributed by atoms with Gasteiger partial charge in [0.15, 0.2) is 16.6 Å². The Bertz CT molecular complexity index is 1570. The second-order valence-corrected chi connectivity index (χ2v) is 9.48. The highest BCUT2D eigenvalue weighted by molar-refractivity contribution is 7.81. The van der Waals surface area contributed by atoms with E-state index in [0.717, 1.165) is 0 Å². The lowest BCUT2D eigenvalue weighted by Crippen LogP contribution is -2.56. The van der Waals surface area contributed by atoms with Crippen molar-refractivity contribution >= 4 is 58.2 Å². The summed E-state index contributed by atoms with van der Waals surface area (Å²) in [6.07, 6.45) is 1.44. The highest BCUT2D eigenvalue weighted by Gasteiger charge is 2.41. The first-order valence-corrected chi connectivity index (χ1v) is 13.0. The van der Waals surface area contributed by atoms with Crippen LogP contribution in [0.2, 0.25) is 5.02 Å². The van der Waals surface area contributed by atoms with E-state index in [1.165, 1.54) is 29.1 Å². The van der Waals surface area contributed by atoms with Gasteiger partial charge in [-0.2, -0.15) is 0 Å². The number of anilines is 2. The van der Waals surface area contributed by atoms with Crippen molar-refractivity contribution in [1.82, 2.24) is 0 Å². The lowest BCUT2D eigenvalue weighted by atomic mass is 10.0. The summed E-state index contributed by atoms with van der Waals surface area (Å²) in [5.41, 5.74) is 1.68. The van der Waals surface area contributed by atoms with Crippen molar-refractivity contribution in [3.63, 3.8) is 0 Å². The van der Waals surface area contributed by atoms with Gasteiger partial charge in [0.1, 0.15) is 18.0 Å². The molecule has 40 heavy (non-hydrogen) atoms. The fourth-order valence-electron chi connectivity index (χ4n) is 4.23.